The topological polar surface area (TPSA) is 67.5 Å². The van der Waals surface area contributed by atoms with Crippen molar-refractivity contribution in [3.05, 3.63) is 66.0 Å². The molecule has 5 nitrogen and oxygen atoms in total. The number of rotatable bonds is 2. The number of aromatic carboxylic acids is 1. The van der Waals surface area contributed by atoms with Gasteiger partial charge < -0.3 is 5.11 Å². The predicted molar refractivity (Wildman–Crippen MR) is 87.9 cm³/mol. The number of halogens is 3. The van der Waals surface area contributed by atoms with Crippen molar-refractivity contribution in [3.63, 3.8) is 0 Å². The normalized spacial score (nSPS) is 12.0. The smallest absolute Gasteiger partial charge is 0.416 e. The summed E-state index contributed by atoms with van der Waals surface area (Å²) in [6, 6.07) is 11.1. The van der Waals surface area contributed by atoms with Crippen molar-refractivity contribution in [2.24, 2.45) is 0 Å². The van der Waals surface area contributed by atoms with E-state index in [1.54, 1.807) is 16.5 Å². The lowest BCUT2D eigenvalue weighted by Gasteiger charge is -2.11. The minimum atomic E-state index is -4.41. The van der Waals surface area contributed by atoms with Crippen molar-refractivity contribution in [3.8, 4) is 11.1 Å². The third-order valence-electron chi connectivity index (χ3n) is 4.17. The van der Waals surface area contributed by atoms with E-state index in [0.29, 0.717) is 27.7 Å². The Kier molecular flexibility index (Phi) is 3.43. The second-order valence-corrected chi connectivity index (χ2v) is 5.73. The molecule has 4 aromatic rings. The number of carboxylic acid groups (broad SMARTS) is 1. The Bertz CT molecular complexity index is 1150. The highest BCUT2D eigenvalue weighted by Gasteiger charge is 2.30. The van der Waals surface area contributed by atoms with Crippen LogP contribution in [0.4, 0.5) is 13.2 Å². The Hall–Kier alpha value is -3.42. The third kappa shape index (κ3) is 2.55. The van der Waals surface area contributed by atoms with Crippen molar-refractivity contribution in [2.75, 3.05) is 0 Å². The van der Waals surface area contributed by atoms with Gasteiger partial charge in [-0.1, -0.05) is 18.2 Å². The van der Waals surface area contributed by atoms with Crippen molar-refractivity contribution < 1.29 is 23.1 Å². The average Bonchev–Trinajstić information content (AvgIpc) is 3.08. The van der Waals surface area contributed by atoms with Crippen LogP contribution in [0.1, 0.15) is 15.9 Å². The summed E-state index contributed by atoms with van der Waals surface area (Å²) in [5.41, 5.74) is 1.60. The molecule has 0 aliphatic heterocycles. The summed E-state index contributed by atoms with van der Waals surface area (Å²) in [6.07, 6.45) is -2.95. The number of hydrogen-bond donors (Lipinski definition) is 1. The summed E-state index contributed by atoms with van der Waals surface area (Å²) < 4.78 is 40.0. The van der Waals surface area contributed by atoms with Crippen LogP contribution < -0.4 is 0 Å². The maximum atomic E-state index is 12.8. The molecule has 2 aromatic heterocycles. The number of pyridine rings is 1. The number of nitrogens with zero attached hydrogens (tertiary/aromatic N) is 3. The summed E-state index contributed by atoms with van der Waals surface area (Å²) in [7, 11) is 0. The van der Waals surface area contributed by atoms with Gasteiger partial charge in [0, 0.05) is 5.39 Å². The zero-order valence-corrected chi connectivity index (χ0v) is 13.0. The van der Waals surface area contributed by atoms with E-state index >= 15 is 0 Å². The maximum Gasteiger partial charge on any atom is 0.416 e. The van der Waals surface area contributed by atoms with Crippen molar-refractivity contribution in [1.82, 2.24) is 14.6 Å². The number of benzene rings is 2. The lowest BCUT2D eigenvalue weighted by Crippen LogP contribution is -2.04. The fourth-order valence-corrected chi connectivity index (χ4v) is 2.90. The van der Waals surface area contributed by atoms with Crippen LogP contribution in [-0.2, 0) is 6.18 Å². The molecule has 0 bridgehead atoms. The molecule has 4 rings (SSSR count). The first-order chi connectivity index (χ1) is 12.3. The molecule has 0 radical (unpaired) electrons. The van der Waals surface area contributed by atoms with Crippen molar-refractivity contribution in [2.45, 2.75) is 6.18 Å². The third-order valence-corrected chi connectivity index (χ3v) is 4.17. The molecule has 0 atom stereocenters. The summed E-state index contributed by atoms with van der Waals surface area (Å²) in [4.78, 5) is 11.3. The van der Waals surface area contributed by atoms with Crippen LogP contribution in [-0.4, -0.2) is 25.7 Å². The first kappa shape index (κ1) is 16.1. The summed E-state index contributed by atoms with van der Waals surface area (Å²) in [6.45, 7) is 0. The monoisotopic (exact) mass is 357 g/mol. The Morgan fingerprint density at radius 1 is 1.04 bits per heavy atom. The molecule has 8 heteroatoms. The van der Waals surface area contributed by atoms with Gasteiger partial charge in [0.2, 0.25) is 0 Å². The number of alkyl halides is 3. The van der Waals surface area contributed by atoms with Gasteiger partial charge in [0.1, 0.15) is 6.33 Å². The predicted octanol–water partition coefficient (Wildman–Crippen LogP) is 4.27. The Balaban J connectivity index is 1.98. The van der Waals surface area contributed by atoms with Gasteiger partial charge in [0.25, 0.3) is 0 Å². The molecule has 1 N–H and O–H groups in total. The molecule has 0 fully saturated rings. The number of carboxylic acids is 1. The molecule has 0 aliphatic rings. The maximum absolute atomic E-state index is 12.8. The Morgan fingerprint density at radius 3 is 2.42 bits per heavy atom. The lowest BCUT2D eigenvalue weighted by molar-refractivity contribution is -0.137. The first-order valence-electron chi connectivity index (χ1n) is 7.52. The van der Waals surface area contributed by atoms with Crippen LogP contribution in [0.5, 0.6) is 0 Å². The highest BCUT2D eigenvalue weighted by Crippen LogP contribution is 2.34. The number of aromatic nitrogens is 3. The molecule has 0 aliphatic carbocycles. The molecule has 0 spiro atoms. The van der Waals surface area contributed by atoms with Gasteiger partial charge in [-0.25, -0.2) is 4.79 Å². The highest BCUT2D eigenvalue weighted by atomic mass is 19.4. The number of fused-ring (bicyclic) bond motifs is 3. The fourth-order valence-electron chi connectivity index (χ4n) is 2.90. The molecular weight excluding hydrogens is 347 g/mol. The van der Waals surface area contributed by atoms with E-state index in [-0.39, 0.29) is 5.56 Å². The molecule has 2 heterocycles. The van der Waals surface area contributed by atoms with Gasteiger partial charge in [-0.2, -0.15) is 13.2 Å². The second kappa shape index (κ2) is 5.55. The average molecular weight is 357 g/mol. The van der Waals surface area contributed by atoms with E-state index < -0.39 is 17.7 Å². The van der Waals surface area contributed by atoms with Gasteiger partial charge in [-0.3, -0.25) is 4.40 Å². The molecular formula is C18H10F3N3O2. The van der Waals surface area contributed by atoms with Gasteiger partial charge in [-0.15, -0.1) is 10.2 Å². The van der Waals surface area contributed by atoms with Crippen LogP contribution in [0, 0.1) is 0 Å². The van der Waals surface area contributed by atoms with Crippen LogP contribution in [0.25, 0.3) is 27.7 Å². The van der Waals surface area contributed by atoms with Gasteiger partial charge in [0.05, 0.1) is 16.6 Å². The quantitative estimate of drug-likeness (QED) is 0.582. The summed E-state index contributed by atoms with van der Waals surface area (Å²) in [5, 5.41) is 17.7. The zero-order chi connectivity index (χ0) is 18.5. The van der Waals surface area contributed by atoms with E-state index in [0.717, 1.165) is 12.1 Å². The molecule has 0 unspecified atom stereocenters. The second-order valence-electron chi connectivity index (χ2n) is 5.73. The van der Waals surface area contributed by atoms with Gasteiger partial charge in [0.15, 0.2) is 5.65 Å². The molecule has 2 aromatic carbocycles. The summed E-state index contributed by atoms with van der Waals surface area (Å²) >= 11 is 0. The standard InChI is InChI=1S/C18H10F3N3O2/c19-18(20,21)12-4-1-10(2-5-12)14-8-16-23-22-9-24(16)15-7-11(17(25)26)3-6-13(14)15/h1-9H,(H,25,26). The van der Waals surface area contributed by atoms with Crippen molar-refractivity contribution in [1.29, 1.82) is 0 Å². The van der Waals surface area contributed by atoms with Gasteiger partial charge in [-0.05, 0) is 41.5 Å². The van der Waals surface area contributed by atoms with E-state index in [9.17, 15) is 23.1 Å². The first-order valence-corrected chi connectivity index (χ1v) is 7.52. The Morgan fingerprint density at radius 2 is 1.77 bits per heavy atom. The minimum absolute atomic E-state index is 0.0945. The SMILES string of the molecule is O=C(O)c1ccc2c(-c3ccc(C(F)(F)F)cc3)cc3nncn3c2c1. The van der Waals surface area contributed by atoms with Gasteiger partial charge >= 0.3 is 12.1 Å². The molecule has 0 saturated carbocycles. The summed E-state index contributed by atoms with van der Waals surface area (Å²) in [5.74, 6) is -1.08. The number of hydrogen-bond acceptors (Lipinski definition) is 3. The number of carbonyl (C=O) groups is 1. The van der Waals surface area contributed by atoms with Crippen LogP contribution >= 0.6 is 0 Å². The minimum Gasteiger partial charge on any atom is -0.478 e. The highest BCUT2D eigenvalue weighted by molar-refractivity contribution is 6.00. The van der Waals surface area contributed by atoms with E-state index in [1.165, 1.54) is 30.6 Å². The van der Waals surface area contributed by atoms with Crippen molar-refractivity contribution >= 4 is 22.5 Å². The fraction of sp³-hybridized carbons (Fsp3) is 0.0556. The molecule has 0 saturated heterocycles. The zero-order valence-electron chi connectivity index (χ0n) is 13.0. The molecule has 26 heavy (non-hydrogen) atoms. The Labute approximate surface area is 144 Å². The van der Waals surface area contributed by atoms with E-state index in [2.05, 4.69) is 10.2 Å². The van der Waals surface area contributed by atoms with Crippen LogP contribution in [0.3, 0.4) is 0 Å². The van der Waals surface area contributed by atoms with Crippen LogP contribution in [0.15, 0.2) is 54.9 Å². The largest absolute Gasteiger partial charge is 0.478 e. The molecule has 130 valence electrons. The van der Waals surface area contributed by atoms with E-state index in [4.69, 9.17) is 0 Å². The molecule has 0 amide bonds. The lowest BCUT2D eigenvalue weighted by atomic mass is 9.98. The van der Waals surface area contributed by atoms with Crippen LogP contribution in [0.2, 0.25) is 0 Å². The van der Waals surface area contributed by atoms with E-state index in [1.807, 2.05) is 0 Å².